The van der Waals surface area contributed by atoms with Crippen LogP contribution >= 0.6 is 15.9 Å². The van der Waals surface area contributed by atoms with Crippen molar-refractivity contribution in [3.8, 4) is 0 Å². The highest BCUT2D eigenvalue weighted by Crippen LogP contribution is 2.30. The molecule has 4 rings (SSSR count). The quantitative estimate of drug-likeness (QED) is 0.638. The maximum absolute atomic E-state index is 13.1. The maximum atomic E-state index is 13.1. The summed E-state index contributed by atoms with van der Waals surface area (Å²) >= 11 is 3.52. The van der Waals surface area contributed by atoms with Gasteiger partial charge in [-0.05, 0) is 30.6 Å². The van der Waals surface area contributed by atoms with Gasteiger partial charge in [0.15, 0.2) is 5.43 Å². The topological polar surface area (TPSA) is 23.6 Å². The van der Waals surface area contributed by atoms with Gasteiger partial charge in [-0.25, -0.2) is 0 Å². The van der Waals surface area contributed by atoms with E-state index in [9.17, 15) is 4.79 Å². The van der Waals surface area contributed by atoms with Crippen LogP contribution in [0, 0.1) is 0 Å². The van der Waals surface area contributed by atoms with Gasteiger partial charge in [0.2, 0.25) is 0 Å². The highest BCUT2D eigenvalue weighted by atomic mass is 79.9. The molecule has 0 N–H and O–H groups in total. The molecule has 0 radical (unpaired) electrons. The Hall–Kier alpha value is -1.91. The largest absolute Gasteiger partial charge is 0.368 e. The molecule has 0 aromatic heterocycles. The fourth-order valence-electron chi connectivity index (χ4n) is 3.44. The second-order valence-electron chi connectivity index (χ2n) is 6.43. The van der Waals surface area contributed by atoms with E-state index in [1.165, 1.54) is 0 Å². The molecule has 0 amide bonds. The van der Waals surface area contributed by atoms with E-state index in [2.05, 4.69) is 44.9 Å². The minimum atomic E-state index is 0.0993. The number of rotatable bonds is 1. The van der Waals surface area contributed by atoms with Gasteiger partial charge in [-0.3, -0.25) is 4.79 Å². The van der Waals surface area contributed by atoms with Gasteiger partial charge in [0, 0.05) is 52.5 Å². The van der Waals surface area contributed by atoms with E-state index in [0.717, 1.165) is 57.9 Å². The van der Waals surface area contributed by atoms with Gasteiger partial charge in [-0.15, -0.1) is 0 Å². The van der Waals surface area contributed by atoms with Crippen LogP contribution in [-0.2, 0) is 0 Å². The van der Waals surface area contributed by atoms with Gasteiger partial charge in [-0.2, -0.15) is 0 Å². The molecule has 1 saturated heterocycles. The monoisotopic (exact) mass is 382 g/mol. The molecule has 0 aliphatic carbocycles. The Morgan fingerprint density at radius 1 is 0.875 bits per heavy atom. The Labute approximate surface area is 149 Å². The number of nitrogens with zero attached hydrogens (tertiary/aromatic N) is 2. The first-order chi connectivity index (χ1) is 11.6. The molecule has 1 heterocycles. The minimum absolute atomic E-state index is 0.0993. The van der Waals surface area contributed by atoms with Crippen LogP contribution in [0.5, 0.6) is 0 Å². The Kier molecular flexibility index (Phi) is 4.02. The van der Waals surface area contributed by atoms with Crippen molar-refractivity contribution in [2.45, 2.75) is 0 Å². The normalized spacial score (nSPS) is 16.0. The number of hydrogen-bond donors (Lipinski definition) is 0. The first kappa shape index (κ1) is 15.6. The summed E-state index contributed by atoms with van der Waals surface area (Å²) in [5.74, 6) is 0. The molecule has 0 spiro atoms. The summed E-state index contributed by atoms with van der Waals surface area (Å²) in [7, 11) is 2.16. The summed E-state index contributed by atoms with van der Waals surface area (Å²) in [5.41, 5.74) is 1.26. The summed E-state index contributed by atoms with van der Waals surface area (Å²) in [6, 6.07) is 16.1. The minimum Gasteiger partial charge on any atom is -0.368 e. The summed E-state index contributed by atoms with van der Waals surface area (Å²) in [5, 5.41) is 3.59. The molecule has 1 aliphatic rings. The van der Waals surface area contributed by atoms with Crippen molar-refractivity contribution in [3.63, 3.8) is 0 Å². The van der Waals surface area contributed by atoms with E-state index in [1.807, 2.05) is 36.4 Å². The highest BCUT2D eigenvalue weighted by molar-refractivity contribution is 9.10. The Bertz CT molecular complexity index is 978. The first-order valence-corrected chi connectivity index (χ1v) is 9.01. The van der Waals surface area contributed by atoms with E-state index < -0.39 is 0 Å². The molecule has 122 valence electrons. The van der Waals surface area contributed by atoms with E-state index >= 15 is 0 Å². The third-order valence-corrected chi connectivity index (χ3v) is 5.34. The standard InChI is InChI=1S/C20H19BrN2O/c1-22-8-10-23(11-9-22)19-12-14-4-2-3-5-16(14)20(24)18-13-15(21)6-7-17(18)19/h2-7,12-13H,8-11H2,1H3. The van der Waals surface area contributed by atoms with Crippen LogP contribution in [0.3, 0.4) is 0 Å². The third-order valence-electron chi connectivity index (χ3n) is 4.84. The van der Waals surface area contributed by atoms with Gasteiger partial charge in [0.25, 0.3) is 0 Å². The second-order valence-corrected chi connectivity index (χ2v) is 7.34. The lowest BCUT2D eigenvalue weighted by Gasteiger charge is -2.34. The molecule has 4 heteroatoms. The lowest BCUT2D eigenvalue weighted by Crippen LogP contribution is -2.44. The summed E-state index contributed by atoms with van der Waals surface area (Å²) in [6.07, 6.45) is 0. The molecule has 1 aliphatic heterocycles. The van der Waals surface area contributed by atoms with E-state index in [1.54, 1.807) is 0 Å². The van der Waals surface area contributed by atoms with Crippen LogP contribution in [-0.4, -0.2) is 38.1 Å². The second kappa shape index (κ2) is 6.19. The number of hydrogen-bond acceptors (Lipinski definition) is 3. The van der Waals surface area contributed by atoms with Crippen molar-refractivity contribution in [1.29, 1.82) is 0 Å². The fraction of sp³-hybridized carbons (Fsp3) is 0.250. The molecule has 3 aromatic carbocycles. The van der Waals surface area contributed by atoms with Crippen molar-refractivity contribution in [3.05, 3.63) is 63.2 Å². The van der Waals surface area contributed by atoms with Gasteiger partial charge in [-0.1, -0.05) is 46.3 Å². The number of anilines is 1. The zero-order valence-electron chi connectivity index (χ0n) is 13.6. The van der Waals surface area contributed by atoms with Gasteiger partial charge in [0.1, 0.15) is 0 Å². The van der Waals surface area contributed by atoms with E-state index in [0.29, 0.717) is 0 Å². The van der Waals surface area contributed by atoms with Crippen molar-refractivity contribution in [2.75, 3.05) is 38.1 Å². The van der Waals surface area contributed by atoms with Crippen LogP contribution in [0.4, 0.5) is 5.69 Å². The molecule has 0 atom stereocenters. The smallest absolute Gasteiger partial charge is 0.194 e. The molecule has 3 nitrogen and oxygen atoms in total. The fourth-order valence-corrected chi connectivity index (χ4v) is 3.80. The van der Waals surface area contributed by atoms with Crippen molar-refractivity contribution in [2.24, 2.45) is 0 Å². The predicted octanol–water partition coefficient (Wildman–Crippen LogP) is 3.87. The van der Waals surface area contributed by atoms with Crippen molar-refractivity contribution < 1.29 is 0 Å². The average Bonchev–Trinajstić information content (AvgIpc) is 2.71. The van der Waals surface area contributed by atoms with Gasteiger partial charge in [0.05, 0.1) is 0 Å². The summed E-state index contributed by atoms with van der Waals surface area (Å²) in [6.45, 7) is 4.04. The zero-order valence-corrected chi connectivity index (χ0v) is 15.2. The van der Waals surface area contributed by atoms with Crippen LogP contribution in [0.2, 0.25) is 0 Å². The molecule has 24 heavy (non-hydrogen) atoms. The number of piperazine rings is 1. The van der Waals surface area contributed by atoms with Crippen molar-refractivity contribution in [1.82, 2.24) is 4.90 Å². The van der Waals surface area contributed by atoms with Crippen LogP contribution < -0.4 is 10.3 Å². The predicted molar refractivity (Wildman–Crippen MR) is 105 cm³/mol. The number of likely N-dealkylation sites (N-methyl/N-ethyl adjacent to an activating group) is 1. The van der Waals surface area contributed by atoms with Crippen LogP contribution in [0.25, 0.3) is 21.5 Å². The number of benzene rings is 2. The Morgan fingerprint density at radius 2 is 1.62 bits per heavy atom. The number of halogens is 1. The molecular formula is C20H19BrN2O. The molecule has 3 aromatic rings. The molecule has 0 saturated carbocycles. The SMILES string of the molecule is CN1CCN(c2cc3ccccc3c(=O)c3cc(Br)ccc23)CC1. The van der Waals surface area contributed by atoms with Gasteiger partial charge < -0.3 is 9.80 Å². The lowest BCUT2D eigenvalue weighted by atomic mass is 10.1. The molecule has 0 bridgehead atoms. The Morgan fingerprint density at radius 3 is 2.42 bits per heavy atom. The number of fused-ring (bicyclic) bond motifs is 2. The zero-order chi connectivity index (χ0) is 16.7. The lowest BCUT2D eigenvalue weighted by molar-refractivity contribution is 0.313. The maximum Gasteiger partial charge on any atom is 0.194 e. The highest BCUT2D eigenvalue weighted by Gasteiger charge is 2.17. The summed E-state index contributed by atoms with van der Waals surface area (Å²) < 4.78 is 0.937. The molecular weight excluding hydrogens is 364 g/mol. The van der Waals surface area contributed by atoms with E-state index in [4.69, 9.17) is 0 Å². The van der Waals surface area contributed by atoms with Crippen LogP contribution in [0.1, 0.15) is 0 Å². The first-order valence-electron chi connectivity index (χ1n) is 8.22. The Balaban J connectivity index is 2.07. The van der Waals surface area contributed by atoms with Crippen molar-refractivity contribution >= 4 is 43.2 Å². The van der Waals surface area contributed by atoms with Gasteiger partial charge >= 0.3 is 0 Å². The van der Waals surface area contributed by atoms with E-state index in [-0.39, 0.29) is 5.43 Å². The summed E-state index contributed by atoms with van der Waals surface area (Å²) in [4.78, 5) is 17.8. The van der Waals surface area contributed by atoms with Crippen LogP contribution in [0.15, 0.2) is 57.8 Å². The molecule has 0 unspecified atom stereocenters. The molecule has 1 fully saturated rings. The average molecular weight is 383 g/mol. The third kappa shape index (κ3) is 2.70.